The SMILES string of the molecule is [CH]CCCCCCC1C(CCCC[CH])CCC(CCCCCCCCC(=O)O)C1CCCCCCCCC(=O)O. The zero-order chi connectivity index (χ0) is 29.3. The van der Waals surface area contributed by atoms with Gasteiger partial charge >= 0.3 is 11.9 Å². The Labute approximate surface area is 248 Å². The van der Waals surface area contributed by atoms with Gasteiger partial charge in [0.2, 0.25) is 0 Å². The van der Waals surface area contributed by atoms with Gasteiger partial charge in [-0.2, -0.15) is 0 Å². The first-order valence-corrected chi connectivity index (χ1v) is 17.3. The van der Waals surface area contributed by atoms with Crippen molar-refractivity contribution in [3.8, 4) is 0 Å². The molecule has 0 aromatic carbocycles. The van der Waals surface area contributed by atoms with E-state index in [1.54, 1.807) is 0 Å². The fourth-order valence-corrected chi connectivity index (χ4v) is 7.35. The van der Waals surface area contributed by atoms with E-state index in [0.29, 0.717) is 12.8 Å². The van der Waals surface area contributed by atoms with Crippen molar-refractivity contribution in [2.24, 2.45) is 23.7 Å². The van der Waals surface area contributed by atoms with E-state index in [4.69, 9.17) is 24.1 Å². The second-order valence-electron chi connectivity index (χ2n) is 12.8. The fraction of sp³-hybridized carbons (Fsp3) is 0.889. The van der Waals surface area contributed by atoms with Crippen molar-refractivity contribution in [3.63, 3.8) is 0 Å². The maximum atomic E-state index is 10.8. The molecule has 1 fully saturated rings. The van der Waals surface area contributed by atoms with Crippen LogP contribution < -0.4 is 0 Å². The predicted molar refractivity (Wildman–Crippen MR) is 167 cm³/mol. The van der Waals surface area contributed by atoms with Crippen LogP contribution in [0.4, 0.5) is 0 Å². The van der Waals surface area contributed by atoms with Crippen LogP contribution in [-0.2, 0) is 9.59 Å². The molecule has 40 heavy (non-hydrogen) atoms. The smallest absolute Gasteiger partial charge is 0.303 e. The standard InChI is InChI=1S/C36H64O4/c1-3-5-7-12-19-25-33-31(23-17-6-4-2)29-30-32(24-18-13-8-10-15-21-27-35(37)38)34(33)26-20-14-9-11-16-22-28-36(39)40/h1-2,31-34H,3-30H2,(H,37,38)(H,39,40). The van der Waals surface area contributed by atoms with Crippen LogP contribution >= 0.6 is 0 Å². The summed E-state index contributed by atoms with van der Waals surface area (Å²) in [6.07, 6.45) is 31.8. The minimum Gasteiger partial charge on any atom is -0.481 e. The van der Waals surface area contributed by atoms with E-state index in [0.717, 1.165) is 75.0 Å². The third kappa shape index (κ3) is 19.1. The minimum absolute atomic E-state index is 0.310. The van der Waals surface area contributed by atoms with Crippen LogP contribution in [0.5, 0.6) is 0 Å². The summed E-state index contributed by atoms with van der Waals surface area (Å²) in [5.41, 5.74) is 0. The van der Waals surface area contributed by atoms with Crippen molar-refractivity contribution in [2.75, 3.05) is 0 Å². The van der Waals surface area contributed by atoms with E-state index in [-0.39, 0.29) is 0 Å². The van der Waals surface area contributed by atoms with E-state index in [1.165, 1.54) is 116 Å². The monoisotopic (exact) mass is 560 g/mol. The highest BCUT2D eigenvalue weighted by molar-refractivity contribution is 5.66. The quantitative estimate of drug-likeness (QED) is 0.0933. The molecule has 0 heterocycles. The largest absolute Gasteiger partial charge is 0.481 e. The van der Waals surface area contributed by atoms with Gasteiger partial charge in [-0.25, -0.2) is 0 Å². The average molecular weight is 561 g/mol. The van der Waals surface area contributed by atoms with Gasteiger partial charge in [-0.15, -0.1) is 0 Å². The highest BCUT2D eigenvalue weighted by Gasteiger charge is 2.37. The van der Waals surface area contributed by atoms with Crippen LogP contribution in [0.25, 0.3) is 0 Å². The third-order valence-corrected chi connectivity index (χ3v) is 9.58. The van der Waals surface area contributed by atoms with Crippen LogP contribution in [0.15, 0.2) is 0 Å². The molecule has 0 amide bonds. The lowest BCUT2D eigenvalue weighted by Gasteiger charge is -2.44. The summed E-state index contributed by atoms with van der Waals surface area (Å²) in [4.78, 5) is 21.5. The summed E-state index contributed by atoms with van der Waals surface area (Å²) in [6.45, 7) is 11.6. The Hall–Kier alpha value is -1.06. The molecule has 0 aromatic rings. The molecule has 0 bridgehead atoms. The molecule has 4 atom stereocenters. The molecule has 1 aliphatic carbocycles. The summed E-state index contributed by atoms with van der Waals surface area (Å²) in [5, 5.41) is 17.7. The van der Waals surface area contributed by atoms with Gasteiger partial charge in [-0.3, -0.25) is 9.59 Å². The van der Waals surface area contributed by atoms with E-state index < -0.39 is 11.9 Å². The molecule has 4 heteroatoms. The maximum absolute atomic E-state index is 10.8. The number of hydrogen-bond donors (Lipinski definition) is 2. The van der Waals surface area contributed by atoms with Crippen molar-refractivity contribution >= 4 is 11.9 Å². The van der Waals surface area contributed by atoms with Crippen LogP contribution in [0.3, 0.4) is 0 Å². The highest BCUT2D eigenvalue weighted by Crippen LogP contribution is 2.47. The lowest BCUT2D eigenvalue weighted by Crippen LogP contribution is -2.35. The second-order valence-corrected chi connectivity index (χ2v) is 12.8. The van der Waals surface area contributed by atoms with Gasteiger partial charge in [0.05, 0.1) is 0 Å². The first kappa shape index (κ1) is 37.0. The molecule has 232 valence electrons. The molecule has 0 spiro atoms. The highest BCUT2D eigenvalue weighted by atomic mass is 16.4. The Balaban J connectivity index is 2.64. The van der Waals surface area contributed by atoms with Gasteiger partial charge in [0.25, 0.3) is 0 Å². The van der Waals surface area contributed by atoms with Crippen molar-refractivity contribution < 1.29 is 19.8 Å². The van der Waals surface area contributed by atoms with Crippen molar-refractivity contribution in [1.82, 2.24) is 0 Å². The summed E-state index contributed by atoms with van der Waals surface area (Å²) < 4.78 is 0. The zero-order valence-corrected chi connectivity index (χ0v) is 26.0. The Bertz CT molecular complexity index is 604. The number of rotatable bonds is 28. The van der Waals surface area contributed by atoms with Crippen molar-refractivity contribution in [3.05, 3.63) is 13.8 Å². The van der Waals surface area contributed by atoms with E-state index in [9.17, 15) is 9.59 Å². The molecular weight excluding hydrogens is 496 g/mol. The first-order valence-electron chi connectivity index (χ1n) is 17.3. The Morgan fingerprint density at radius 3 is 1.15 bits per heavy atom. The molecule has 0 aromatic heterocycles. The number of unbranched alkanes of at least 4 members (excludes halogenated alkanes) is 16. The van der Waals surface area contributed by atoms with Gasteiger partial charge in [0.15, 0.2) is 0 Å². The number of carbonyl (C=O) groups is 2. The van der Waals surface area contributed by atoms with E-state index in [1.807, 2.05) is 0 Å². The van der Waals surface area contributed by atoms with Crippen molar-refractivity contribution in [2.45, 2.75) is 180 Å². The number of hydrogen-bond acceptors (Lipinski definition) is 2. The van der Waals surface area contributed by atoms with Gasteiger partial charge < -0.3 is 10.2 Å². The molecule has 4 radical (unpaired) electrons. The zero-order valence-electron chi connectivity index (χ0n) is 26.0. The number of carboxylic acid groups (broad SMARTS) is 2. The van der Waals surface area contributed by atoms with Crippen molar-refractivity contribution in [1.29, 1.82) is 0 Å². The summed E-state index contributed by atoms with van der Waals surface area (Å²) in [5.74, 6) is 2.11. The van der Waals surface area contributed by atoms with Crippen LogP contribution in [-0.4, -0.2) is 22.2 Å². The Morgan fingerprint density at radius 2 is 0.750 bits per heavy atom. The normalized spacial score (nSPS) is 21.1. The molecule has 2 N–H and O–H groups in total. The number of aliphatic carboxylic acids is 2. The van der Waals surface area contributed by atoms with E-state index in [2.05, 4.69) is 0 Å². The molecule has 1 rings (SSSR count). The summed E-state index contributed by atoms with van der Waals surface area (Å²) in [7, 11) is 0. The topological polar surface area (TPSA) is 74.6 Å². The Kier molecular flexibility index (Phi) is 23.7. The van der Waals surface area contributed by atoms with Crippen LogP contribution in [0.1, 0.15) is 180 Å². The lowest BCUT2D eigenvalue weighted by molar-refractivity contribution is -0.138. The summed E-state index contributed by atoms with van der Waals surface area (Å²) in [6, 6.07) is 0. The van der Waals surface area contributed by atoms with Crippen LogP contribution in [0, 0.1) is 37.5 Å². The van der Waals surface area contributed by atoms with Crippen LogP contribution in [0.2, 0.25) is 0 Å². The van der Waals surface area contributed by atoms with E-state index >= 15 is 0 Å². The van der Waals surface area contributed by atoms with Gasteiger partial charge in [0, 0.05) is 12.8 Å². The minimum atomic E-state index is -0.670. The van der Waals surface area contributed by atoms with Gasteiger partial charge in [-0.05, 0) is 88.9 Å². The molecule has 1 aliphatic rings. The second kappa shape index (κ2) is 25.6. The van der Waals surface area contributed by atoms with Gasteiger partial charge in [-0.1, -0.05) is 116 Å². The predicted octanol–water partition coefficient (Wildman–Crippen LogP) is 11.0. The summed E-state index contributed by atoms with van der Waals surface area (Å²) >= 11 is 0. The third-order valence-electron chi connectivity index (χ3n) is 9.58. The molecule has 0 aliphatic heterocycles. The molecule has 4 nitrogen and oxygen atoms in total. The lowest BCUT2D eigenvalue weighted by atomic mass is 9.61. The van der Waals surface area contributed by atoms with Gasteiger partial charge in [0.1, 0.15) is 0 Å². The molecule has 0 saturated heterocycles. The molecule has 1 saturated carbocycles. The molecule has 4 unspecified atom stereocenters. The Morgan fingerprint density at radius 1 is 0.450 bits per heavy atom. The fourth-order valence-electron chi connectivity index (χ4n) is 7.35. The number of carboxylic acids is 2. The first-order chi connectivity index (χ1) is 19.5. The average Bonchev–Trinajstić information content (AvgIpc) is 2.92. The maximum Gasteiger partial charge on any atom is 0.303 e. The molecular formula is C36H64O4.